The standard InChI is InChI=1S/C11H14FNO5S/c1-7-6-8(12)2-3-10(7)19(17,18)13-5-4-9(14)11(15)16/h2-3,6,9,13-14H,4-5H2,1H3,(H,15,16)/t9-/m0/s1. The number of aliphatic hydroxyl groups is 1. The number of aryl methyl sites for hydroxylation is 1. The fraction of sp³-hybridized carbons (Fsp3) is 0.364. The van der Waals surface area contributed by atoms with Gasteiger partial charge in [-0.1, -0.05) is 0 Å². The molecule has 19 heavy (non-hydrogen) atoms. The molecule has 1 aromatic carbocycles. The minimum atomic E-state index is -3.85. The van der Waals surface area contributed by atoms with Crippen molar-refractivity contribution in [2.75, 3.05) is 6.54 Å². The third kappa shape index (κ3) is 4.27. The van der Waals surface area contributed by atoms with Crippen molar-refractivity contribution in [2.45, 2.75) is 24.3 Å². The van der Waals surface area contributed by atoms with Crippen LogP contribution in [-0.4, -0.2) is 37.2 Å². The predicted molar refractivity (Wildman–Crippen MR) is 64.6 cm³/mol. The Labute approximate surface area is 109 Å². The van der Waals surface area contributed by atoms with Crippen molar-refractivity contribution in [3.05, 3.63) is 29.6 Å². The molecule has 1 aromatic rings. The number of carboxylic acid groups (broad SMARTS) is 1. The third-order valence-corrected chi connectivity index (χ3v) is 4.04. The predicted octanol–water partition coefficient (Wildman–Crippen LogP) is 0.248. The summed E-state index contributed by atoms with van der Waals surface area (Å²) in [5.74, 6) is -1.96. The van der Waals surface area contributed by atoms with E-state index in [0.29, 0.717) is 0 Å². The first kappa shape index (κ1) is 15.5. The Morgan fingerprint density at radius 3 is 2.63 bits per heavy atom. The quantitative estimate of drug-likeness (QED) is 0.697. The zero-order chi connectivity index (χ0) is 14.6. The number of benzene rings is 1. The highest BCUT2D eigenvalue weighted by atomic mass is 32.2. The number of aliphatic hydroxyl groups excluding tert-OH is 1. The van der Waals surface area contributed by atoms with Gasteiger partial charge in [-0.3, -0.25) is 0 Å². The molecule has 0 aliphatic rings. The van der Waals surface area contributed by atoms with E-state index in [4.69, 9.17) is 10.2 Å². The Morgan fingerprint density at radius 2 is 2.11 bits per heavy atom. The van der Waals surface area contributed by atoms with Gasteiger partial charge in [0.05, 0.1) is 4.90 Å². The molecule has 0 bridgehead atoms. The first-order chi connectivity index (χ1) is 8.74. The molecular weight excluding hydrogens is 277 g/mol. The molecule has 6 nitrogen and oxygen atoms in total. The molecule has 0 saturated heterocycles. The number of aliphatic carboxylic acids is 1. The molecule has 0 aliphatic carbocycles. The Bertz CT molecular complexity index is 572. The van der Waals surface area contributed by atoms with Gasteiger partial charge in [0, 0.05) is 6.54 Å². The van der Waals surface area contributed by atoms with Gasteiger partial charge in [-0.15, -0.1) is 0 Å². The number of carbonyl (C=O) groups is 1. The fourth-order valence-electron chi connectivity index (χ4n) is 1.45. The van der Waals surface area contributed by atoms with Crippen molar-refractivity contribution in [3.8, 4) is 0 Å². The van der Waals surface area contributed by atoms with Gasteiger partial charge in [-0.05, 0) is 37.1 Å². The lowest BCUT2D eigenvalue weighted by atomic mass is 10.2. The van der Waals surface area contributed by atoms with Gasteiger partial charge in [0.25, 0.3) is 0 Å². The lowest BCUT2D eigenvalue weighted by Crippen LogP contribution is -2.30. The van der Waals surface area contributed by atoms with Crippen LogP contribution in [0, 0.1) is 12.7 Å². The number of hydrogen-bond donors (Lipinski definition) is 3. The molecule has 106 valence electrons. The number of sulfonamides is 1. The lowest BCUT2D eigenvalue weighted by molar-refractivity contribution is -0.146. The molecule has 0 saturated carbocycles. The molecule has 0 fully saturated rings. The summed E-state index contributed by atoms with van der Waals surface area (Å²) in [4.78, 5) is 10.3. The maximum Gasteiger partial charge on any atom is 0.332 e. The first-order valence-electron chi connectivity index (χ1n) is 5.41. The zero-order valence-corrected chi connectivity index (χ0v) is 10.9. The van der Waals surface area contributed by atoms with E-state index in [1.54, 1.807) is 0 Å². The van der Waals surface area contributed by atoms with Crippen LogP contribution in [0.5, 0.6) is 0 Å². The van der Waals surface area contributed by atoms with Crippen LogP contribution in [0.2, 0.25) is 0 Å². The number of halogens is 1. The van der Waals surface area contributed by atoms with Crippen molar-refractivity contribution in [1.29, 1.82) is 0 Å². The van der Waals surface area contributed by atoms with Crippen molar-refractivity contribution < 1.29 is 27.8 Å². The monoisotopic (exact) mass is 291 g/mol. The SMILES string of the molecule is Cc1cc(F)ccc1S(=O)(=O)NCC[C@H](O)C(=O)O. The highest BCUT2D eigenvalue weighted by Crippen LogP contribution is 2.15. The highest BCUT2D eigenvalue weighted by Gasteiger charge is 2.18. The Morgan fingerprint density at radius 1 is 1.47 bits per heavy atom. The van der Waals surface area contributed by atoms with E-state index in [9.17, 15) is 17.6 Å². The largest absolute Gasteiger partial charge is 0.479 e. The number of rotatable bonds is 6. The van der Waals surface area contributed by atoms with E-state index in [0.717, 1.165) is 18.2 Å². The van der Waals surface area contributed by atoms with Crippen LogP contribution in [0.15, 0.2) is 23.1 Å². The molecule has 0 amide bonds. The minimum Gasteiger partial charge on any atom is -0.479 e. The van der Waals surface area contributed by atoms with Crippen LogP contribution in [0.25, 0.3) is 0 Å². The zero-order valence-electron chi connectivity index (χ0n) is 10.1. The van der Waals surface area contributed by atoms with E-state index >= 15 is 0 Å². The van der Waals surface area contributed by atoms with Crippen LogP contribution in [0.3, 0.4) is 0 Å². The molecule has 0 heterocycles. The van der Waals surface area contributed by atoms with E-state index in [2.05, 4.69) is 4.72 Å². The van der Waals surface area contributed by atoms with Crippen LogP contribution in [-0.2, 0) is 14.8 Å². The van der Waals surface area contributed by atoms with Gasteiger partial charge < -0.3 is 10.2 Å². The summed E-state index contributed by atoms with van der Waals surface area (Å²) in [5, 5.41) is 17.4. The molecule has 1 atom stereocenters. The van der Waals surface area contributed by atoms with Gasteiger partial charge in [-0.25, -0.2) is 22.3 Å². The number of hydrogen-bond acceptors (Lipinski definition) is 4. The lowest BCUT2D eigenvalue weighted by Gasteiger charge is -2.10. The average molecular weight is 291 g/mol. The molecule has 0 aliphatic heterocycles. The van der Waals surface area contributed by atoms with E-state index in [1.807, 2.05) is 0 Å². The van der Waals surface area contributed by atoms with E-state index < -0.39 is 27.9 Å². The number of carboxylic acids is 1. The summed E-state index contributed by atoms with van der Waals surface area (Å²) in [6, 6.07) is 3.23. The average Bonchev–Trinajstić information content (AvgIpc) is 2.27. The summed E-state index contributed by atoms with van der Waals surface area (Å²) in [6.45, 7) is 1.22. The Balaban J connectivity index is 2.74. The second-order valence-electron chi connectivity index (χ2n) is 3.95. The molecule has 8 heteroatoms. The van der Waals surface area contributed by atoms with Crippen molar-refractivity contribution in [1.82, 2.24) is 4.72 Å². The summed E-state index contributed by atoms with van der Waals surface area (Å²) in [6.07, 6.45) is -1.88. The van der Waals surface area contributed by atoms with Gasteiger partial charge in [0.2, 0.25) is 10.0 Å². The molecular formula is C11H14FNO5S. The smallest absolute Gasteiger partial charge is 0.332 e. The van der Waals surface area contributed by atoms with Crippen LogP contribution in [0.1, 0.15) is 12.0 Å². The van der Waals surface area contributed by atoms with E-state index in [1.165, 1.54) is 6.92 Å². The van der Waals surface area contributed by atoms with Crippen molar-refractivity contribution in [3.63, 3.8) is 0 Å². The second-order valence-corrected chi connectivity index (χ2v) is 5.69. The third-order valence-electron chi connectivity index (χ3n) is 2.42. The minimum absolute atomic E-state index is 0.0845. The summed E-state index contributed by atoms with van der Waals surface area (Å²) in [7, 11) is -3.85. The summed E-state index contributed by atoms with van der Waals surface area (Å²) >= 11 is 0. The second kappa shape index (κ2) is 6.09. The highest BCUT2D eigenvalue weighted by molar-refractivity contribution is 7.89. The van der Waals surface area contributed by atoms with Gasteiger partial charge in [-0.2, -0.15) is 0 Å². The van der Waals surface area contributed by atoms with Crippen LogP contribution >= 0.6 is 0 Å². The molecule has 0 radical (unpaired) electrons. The molecule has 1 rings (SSSR count). The molecule has 0 aromatic heterocycles. The van der Waals surface area contributed by atoms with Crippen LogP contribution < -0.4 is 4.72 Å². The van der Waals surface area contributed by atoms with Crippen LogP contribution in [0.4, 0.5) is 4.39 Å². The topological polar surface area (TPSA) is 104 Å². The van der Waals surface area contributed by atoms with Crippen molar-refractivity contribution in [2.24, 2.45) is 0 Å². The first-order valence-corrected chi connectivity index (χ1v) is 6.89. The maximum absolute atomic E-state index is 12.9. The molecule has 3 N–H and O–H groups in total. The summed E-state index contributed by atoms with van der Waals surface area (Å²) in [5.41, 5.74) is 0.242. The maximum atomic E-state index is 12.9. The molecule has 0 spiro atoms. The Hall–Kier alpha value is -1.51. The van der Waals surface area contributed by atoms with Gasteiger partial charge in [0.1, 0.15) is 5.82 Å². The van der Waals surface area contributed by atoms with Gasteiger partial charge >= 0.3 is 5.97 Å². The Kier molecular flexibility index (Phi) is 4.98. The van der Waals surface area contributed by atoms with E-state index in [-0.39, 0.29) is 23.4 Å². The van der Waals surface area contributed by atoms with Gasteiger partial charge in [0.15, 0.2) is 6.10 Å². The molecule has 0 unspecified atom stereocenters. The van der Waals surface area contributed by atoms with Crippen molar-refractivity contribution >= 4 is 16.0 Å². The fourth-order valence-corrected chi connectivity index (χ4v) is 2.72. The normalized spacial score (nSPS) is 13.2. The number of nitrogens with one attached hydrogen (secondary N) is 1. The summed E-state index contributed by atoms with van der Waals surface area (Å²) < 4.78 is 38.7.